The van der Waals surface area contributed by atoms with Crippen LogP contribution in [0.1, 0.15) is 13.3 Å². The minimum atomic E-state index is -3.64. The first kappa shape index (κ1) is 14.0. The number of nitrogens with one attached hydrogen (secondary N) is 2. The van der Waals surface area contributed by atoms with E-state index in [4.69, 9.17) is 11.6 Å². The number of H-pyrrole nitrogens is 1. The predicted octanol–water partition coefficient (Wildman–Crippen LogP) is 1.67. The van der Waals surface area contributed by atoms with Crippen molar-refractivity contribution < 1.29 is 8.42 Å². The van der Waals surface area contributed by atoms with E-state index in [2.05, 4.69) is 15.8 Å². The van der Waals surface area contributed by atoms with E-state index in [0.717, 1.165) is 0 Å². The summed E-state index contributed by atoms with van der Waals surface area (Å²) in [6, 6.07) is 6.72. The highest BCUT2D eigenvalue weighted by Gasteiger charge is 2.18. The van der Waals surface area contributed by atoms with Gasteiger partial charge in [0.2, 0.25) is 10.0 Å². The molecular weight excluding hydrogens is 288 g/mol. The van der Waals surface area contributed by atoms with Crippen molar-refractivity contribution in [3.63, 3.8) is 0 Å². The van der Waals surface area contributed by atoms with Crippen LogP contribution in [0.2, 0.25) is 5.02 Å². The van der Waals surface area contributed by atoms with E-state index in [9.17, 15) is 13.2 Å². The summed E-state index contributed by atoms with van der Waals surface area (Å²) in [6.07, 6.45) is 0.686. The molecule has 101 valence electrons. The van der Waals surface area contributed by atoms with Gasteiger partial charge in [0.1, 0.15) is 4.90 Å². The van der Waals surface area contributed by atoms with Crippen molar-refractivity contribution >= 4 is 32.5 Å². The van der Waals surface area contributed by atoms with Crippen LogP contribution in [0.3, 0.4) is 0 Å². The SMILES string of the molecule is CCCNS(=O)(=O)c1cc2c[c]c(=O)[nH]c2cc1Cl. The van der Waals surface area contributed by atoms with Crippen LogP contribution in [-0.2, 0) is 10.0 Å². The molecule has 0 atom stereocenters. The molecule has 2 rings (SSSR count). The summed E-state index contributed by atoms with van der Waals surface area (Å²) < 4.78 is 26.5. The summed E-state index contributed by atoms with van der Waals surface area (Å²) in [7, 11) is -3.64. The molecule has 0 spiro atoms. The van der Waals surface area contributed by atoms with Crippen molar-refractivity contribution in [1.29, 1.82) is 0 Å². The number of rotatable bonds is 4. The molecule has 0 aliphatic heterocycles. The highest BCUT2D eigenvalue weighted by atomic mass is 35.5. The maximum absolute atomic E-state index is 12.0. The summed E-state index contributed by atoms with van der Waals surface area (Å²) >= 11 is 5.97. The molecule has 1 aromatic carbocycles. The molecule has 0 saturated carbocycles. The summed E-state index contributed by atoms with van der Waals surface area (Å²) in [4.78, 5) is 13.7. The third-order valence-corrected chi connectivity index (χ3v) is 4.47. The van der Waals surface area contributed by atoms with Crippen LogP contribution in [0.4, 0.5) is 0 Å². The molecule has 7 heteroatoms. The molecule has 0 unspecified atom stereocenters. The lowest BCUT2D eigenvalue weighted by molar-refractivity contribution is 0.581. The first-order valence-corrected chi connectivity index (χ1v) is 7.54. The smallest absolute Gasteiger partial charge is 0.256 e. The number of pyridine rings is 1. The van der Waals surface area contributed by atoms with E-state index in [1.807, 2.05) is 6.92 Å². The quantitative estimate of drug-likeness (QED) is 0.901. The van der Waals surface area contributed by atoms with Gasteiger partial charge in [-0.15, -0.1) is 0 Å². The van der Waals surface area contributed by atoms with Crippen LogP contribution in [0.5, 0.6) is 0 Å². The highest BCUT2D eigenvalue weighted by Crippen LogP contribution is 2.25. The van der Waals surface area contributed by atoms with Gasteiger partial charge in [-0.3, -0.25) is 4.79 Å². The second kappa shape index (κ2) is 5.32. The first-order valence-electron chi connectivity index (χ1n) is 5.68. The van der Waals surface area contributed by atoms with Gasteiger partial charge in [-0.1, -0.05) is 18.5 Å². The number of fused-ring (bicyclic) bond motifs is 1. The lowest BCUT2D eigenvalue weighted by Gasteiger charge is -2.08. The zero-order valence-electron chi connectivity index (χ0n) is 10.2. The first-order chi connectivity index (χ1) is 8.94. The fourth-order valence-corrected chi connectivity index (χ4v) is 3.31. The van der Waals surface area contributed by atoms with Gasteiger partial charge in [0, 0.05) is 17.4 Å². The Labute approximate surface area is 115 Å². The third-order valence-electron chi connectivity index (χ3n) is 2.54. The number of aromatic nitrogens is 1. The molecule has 5 nitrogen and oxygen atoms in total. The summed E-state index contributed by atoms with van der Waals surface area (Å²) in [6.45, 7) is 2.21. The average Bonchev–Trinajstić information content (AvgIpc) is 2.35. The van der Waals surface area contributed by atoms with Gasteiger partial charge in [-0.25, -0.2) is 13.1 Å². The number of halogens is 1. The van der Waals surface area contributed by atoms with E-state index >= 15 is 0 Å². The molecule has 1 heterocycles. The lowest BCUT2D eigenvalue weighted by atomic mass is 10.2. The van der Waals surface area contributed by atoms with Crippen molar-refractivity contribution in [3.8, 4) is 0 Å². The van der Waals surface area contributed by atoms with Crippen LogP contribution in [0, 0.1) is 6.07 Å². The standard InChI is InChI=1S/C12H12ClN2O3S/c1-2-5-14-19(17,18)11-6-8-3-4-12(16)15-10(8)7-9(11)13/h3,6-7,14H,2,5H2,1H3,(H,15,16). The minimum Gasteiger partial charge on any atom is -0.321 e. The zero-order chi connectivity index (χ0) is 14.0. The maximum Gasteiger partial charge on any atom is 0.256 e. The Kier molecular flexibility index (Phi) is 3.93. The maximum atomic E-state index is 12.0. The van der Waals surface area contributed by atoms with Gasteiger partial charge >= 0.3 is 0 Å². The number of hydrogen-bond donors (Lipinski definition) is 2. The second-order valence-corrected chi connectivity index (χ2v) is 6.15. The molecule has 0 fully saturated rings. The fraction of sp³-hybridized carbons (Fsp3) is 0.250. The van der Waals surface area contributed by atoms with Gasteiger partial charge in [0.25, 0.3) is 5.56 Å². The van der Waals surface area contributed by atoms with Crippen molar-refractivity contribution in [1.82, 2.24) is 9.71 Å². The molecule has 0 amide bonds. The lowest BCUT2D eigenvalue weighted by Crippen LogP contribution is -2.24. The number of hydrogen-bond acceptors (Lipinski definition) is 3. The molecular formula is C12H12ClN2O3S. The van der Waals surface area contributed by atoms with Gasteiger partial charge in [0.15, 0.2) is 0 Å². The number of aromatic amines is 1. The van der Waals surface area contributed by atoms with Gasteiger partial charge < -0.3 is 4.98 Å². The van der Waals surface area contributed by atoms with Crippen LogP contribution in [0.15, 0.2) is 27.9 Å². The zero-order valence-corrected chi connectivity index (χ0v) is 11.7. The van der Waals surface area contributed by atoms with Crippen molar-refractivity contribution in [2.75, 3.05) is 6.54 Å². The molecule has 2 aromatic rings. The van der Waals surface area contributed by atoms with E-state index in [1.165, 1.54) is 18.2 Å². The normalized spacial score (nSPS) is 11.9. The topological polar surface area (TPSA) is 79.0 Å². The van der Waals surface area contributed by atoms with Crippen molar-refractivity contribution in [3.05, 3.63) is 39.6 Å². The Hall–Kier alpha value is -1.37. The van der Waals surface area contributed by atoms with Gasteiger partial charge in [0.05, 0.1) is 11.1 Å². The summed E-state index contributed by atoms with van der Waals surface area (Å²) in [5, 5.41) is 0.624. The van der Waals surface area contributed by atoms with Crippen LogP contribution in [0.25, 0.3) is 10.9 Å². The van der Waals surface area contributed by atoms with E-state index in [1.54, 1.807) is 0 Å². The van der Waals surface area contributed by atoms with Gasteiger partial charge in [-0.2, -0.15) is 0 Å². The van der Waals surface area contributed by atoms with E-state index in [0.29, 0.717) is 23.9 Å². The molecule has 0 saturated heterocycles. The van der Waals surface area contributed by atoms with E-state index < -0.39 is 10.0 Å². The number of benzene rings is 1. The summed E-state index contributed by atoms with van der Waals surface area (Å²) in [5.41, 5.74) is 0.0893. The van der Waals surface area contributed by atoms with Crippen LogP contribution in [-0.4, -0.2) is 19.9 Å². The molecule has 0 aliphatic carbocycles. The monoisotopic (exact) mass is 299 g/mol. The molecule has 0 bridgehead atoms. The Morgan fingerprint density at radius 1 is 1.42 bits per heavy atom. The Bertz CT molecular complexity index is 768. The molecule has 1 radical (unpaired) electrons. The average molecular weight is 300 g/mol. The molecule has 1 aromatic heterocycles. The molecule has 0 aliphatic rings. The van der Waals surface area contributed by atoms with Crippen LogP contribution >= 0.6 is 11.6 Å². The summed E-state index contributed by atoms with van der Waals surface area (Å²) in [5.74, 6) is 0. The Morgan fingerprint density at radius 3 is 2.84 bits per heavy atom. The highest BCUT2D eigenvalue weighted by molar-refractivity contribution is 7.89. The third kappa shape index (κ3) is 2.97. The Morgan fingerprint density at radius 2 is 2.16 bits per heavy atom. The fourth-order valence-electron chi connectivity index (χ4n) is 1.62. The second-order valence-electron chi connectivity index (χ2n) is 4.01. The van der Waals surface area contributed by atoms with Crippen LogP contribution < -0.4 is 10.3 Å². The van der Waals surface area contributed by atoms with Gasteiger partial charge in [-0.05, 0) is 24.6 Å². The Balaban J connectivity index is 2.59. The molecule has 2 N–H and O–H groups in total. The number of sulfonamides is 1. The minimum absolute atomic E-state index is 0.00411. The van der Waals surface area contributed by atoms with E-state index in [-0.39, 0.29) is 15.5 Å². The largest absolute Gasteiger partial charge is 0.321 e. The van der Waals surface area contributed by atoms with Crippen molar-refractivity contribution in [2.24, 2.45) is 0 Å². The predicted molar refractivity (Wildman–Crippen MR) is 73.9 cm³/mol. The van der Waals surface area contributed by atoms with Crippen molar-refractivity contribution in [2.45, 2.75) is 18.2 Å². The molecule has 19 heavy (non-hydrogen) atoms.